The average Bonchev–Trinajstić information content (AvgIpc) is 2.49. The molecule has 12 heavy (non-hydrogen) atoms. The second-order valence-corrected chi connectivity index (χ2v) is 3.57. The fraction of sp³-hybridized carbons (Fsp3) is 0.875. The van der Waals surface area contributed by atoms with E-state index in [0.29, 0.717) is 24.9 Å². The van der Waals surface area contributed by atoms with Crippen LogP contribution in [0.4, 0.5) is 4.79 Å². The van der Waals surface area contributed by atoms with E-state index >= 15 is 0 Å². The maximum Gasteiger partial charge on any atom is 0.407 e. The lowest BCUT2D eigenvalue weighted by atomic mass is 9.89. The van der Waals surface area contributed by atoms with Gasteiger partial charge in [0, 0.05) is 25.6 Å². The van der Waals surface area contributed by atoms with Gasteiger partial charge in [-0.25, -0.2) is 4.79 Å². The number of carboxylic acid groups (broad SMARTS) is 1. The molecule has 1 amide bonds. The van der Waals surface area contributed by atoms with Gasteiger partial charge in [-0.3, -0.25) is 0 Å². The van der Waals surface area contributed by atoms with Gasteiger partial charge in [0.2, 0.25) is 0 Å². The molecule has 2 heterocycles. The summed E-state index contributed by atoms with van der Waals surface area (Å²) in [6.45, 7) is 2.92. The maximum atomic E-state index is 10.6. The minimum Gasteiger partial charge on any atom is -0.465 e. The Kier molecular flexibility index (Phi) is 1.92. The first kappa shape index (κ1) is 7.86. The minimum atomic E-state index is -0.791. The molecule has 1 N–H and O–H groups in total. The van der Waals surface area contributed by atoms with E-state index < -0.39 is 6.09 Å². The van der Waals surface area contributed by atoms with E-state index in [4.69, 9.17) is 9.84 Å². The van der Waals surface area contributed by atoms with Crippen LogP contribution in [0.3, 0.4) is 0 Å². The third-order valence-electron chi connectivity index (χ3n) is 2.83. The van der Waals surface area contributed by atoms with Crippen LogP contribution in [0.15, 0.2) is 0 Å². The number of ether oxygens (including phenoxy) is 1. The van der Waals surface area contributed by atoms with Crippen LogP contribution < -0.4 is 0 Å². The quantitative estimate of drug-likeness (QED) is 0.581. The van der Waals surface area contributed by atoms with E-state index in [1.54, 1.807) is 0 Å². The molecule has 2 fully saturated rings. The Morgan fingerprint density at radius 1 is 1.42 bits per heavy atom. The molecule has 68 valence electrons. The predicted molar refractivity (Wildman–Crippen MR) is 42.0 cm³/mol. The molecule has 2 atom stereocenters. The van der Waals surface area contributed by atoms with Crippen LogP contribution in [0.2, 0.25) is 0 Å². The molecule has 4 heteroatoms. The van der Waals surface area contributed by atoms with Gasteiger partial charge in [0.15, 0.2) is 0 Å². The highest BCUT2D eigenvalue weighted by Crippen LogP contribution is 2.28. The van der Waals surface area contributed by atoms with Crippen molar-refractivity contribution < 1.29 is 14.6 Å². The standard InChI is InChI=1S/C8H13NO3/c10-8(11)9-2-1-6-4-12-5-7(6)3-9/h6-7H,1-5H2,(H,10,11). The lowest BCUT2D eigenvalue weighted by Crippen LogP contribution is -2.42. The minimum absolute atomic E-state index is 0.454. The van der Waals surface area contributed by atoms with Gasteiger partial charge in [-0.1, -0.05) is 0 Å². The highest BCUT2D eigenvalue weighted by molar-refractivity contribution is 5.65. The van der Waals surface area contributed by atoms with Crippen LogP contribution >= 0.6 is 0 Å². The molecule has 0 bridgehead atoms. The molecule has 2 aliphatic heterocycles. The molecule has 2 rings (SSSR count). The first-order chi connectivity index (χ1) is 5.77. The average molecular weight is 171 g/mol. The van der Waals surface area contributed by atoms with Crippen LogP contribution in [-0.4, -0.2) is 42.4 Å². The van der Waals surface area contributed by atoms with E-state index in [-0.39, 0.29) is 0 Å². The highest BCUT2D eigenvalue weighted by Gasteiger charge is 2.35. The van der Waals surface area contributed by atoms with Crippen molar-refractivity contribution in [1.82, 2.24) is 4.90 Å². The van der Waals surface area contributed by atoms with Gasteiger partial charge in [-0.05, 0) is 12.3 Å². The van der Waals surface area contributed by atoms with E-state index in [9.17, 15) is 4.79 Å². The predicted octanol–water partition coefficient (Wildman–Crippen LogP) is 0.633. The van der Waals surface area contributed by atoms with E-state index in [1.807, 2.05) is 0 Å². The normalized spacial score (nSPS) is 34.8. The molecule has 0 aromatic rings. The van der Waals surface area contributed by atoms with Crippen LogP contribution in [0, 0.1) is 11.8 Å². The van der Waals surface area contributed by atoms with Crippen molar-refractivity contribution in [2.45, 2.75) is 6.42 Å². The molecule has 0 spiro atoms. The number of rotatable bonds is 0. The molecule has 0 aliphatic carbocycles. The molecule has 2 aliphatic rings. The van der Waals surface area contributed by atoms with E-state index in [1.165, 1.54) is 4.90 Å². The molecule has 2 unspecified atom stereocenters. The summed E-state index contributed by atoms with van der Waals surface area (Å²) in [5, 5.41) is 8.74. The van der Waals surface area contributed by atoms with E-state index in [0.717, 1.165) is 19.6 Å². The molecule has 4 nitrogen and oxygen atoms in total. The molecule has 0 aromatic heterocycles. The Bertz CT molecular complexity index is 195. The lowest BCUT2D eigenvalue weighted by molar-refractivity contribution is 0.110. The number of piperidine rings is 1. The summed E-state index contributed by atoms with van der Waals surface area (Å²) in [4.78, 5) is 12.1. The van der Waals surface area contributed by atoms with Crippen molar-refractivity contribution >= 4 is 6.09 Å². The van der Waals surface area contributed by atoms with Crippen LogP contribution in [-0.2, 0) is 4.74 Å². The van der Waals surface area contributed by atoms with Gasteiger partial charge in [0.1, 0.15) is 0 Å². The fourth-order valence-electron chi connectivity index (χ4n) is 2.03. The summed E-state index contributed by atoms with van der Waals surface area (Å²) >= 11 is 0. The Morgan fingerprint density at radius 3 is 2.92 bits per heavy atom. The fourth-order valence-corrected chi connectivity index (χ4v) is 2.03. The number of nitrogens with zero attached hydrogens (tertiary/aromatic N) is 1. The summed E-state index contributed by atoms with van der Waals surface area (Å²) in [6.07, 6.45) is 0.178. The van der Waals surface area contributed by atoms with Gasteiger partial charge < -0.3 is 14.7 Å². The van der Waals surface area contributed by atoms with Crippen molar-refractivity contribution in [2.75, 3.05) is 26.3 Å². The molecular formula is C8H13NO3. The Morgan fingerprint density at radius 2 is 2.17 bits per heavy atom. The molecule has 0 aromatic carbocycles. The van der Waals surface area contributed by atoms with Crippen molar-refractivity contribution in [3.05, 3.63) is 0 Å². The third kappa shape index (κ3) is 1.27. The second-order valence-electron chi connectivity index (χ2n) is 3.57. The number of carbonyl (C=O) groups is 1. The van der Waals surface area contributed by atoms with Gasteiger partial charge in [-0.2, -0.15) is 0 Å². The van der Waals surface area contributed by atoms with Crippen molar-refractivity contribution in [2.24, 2.45) is 11.8 Å². The van der Waals surface area contributed by atoms with Crippen molar-refractivity contribution in [3.63, 3.8) is 0 Å². The first-order valence-corrected chi connectivity index (χ1v) is 4.33. The van der Waals surface area contributed by atoms with Gasteiger partial charge in [0.25, 0.3) is 0 Å². The van der Waals surface area contributed by atoms with Crippen LogP contribution in [0.5, 0.6) is 0 Å². The Labute approximate surface area is 71.1 Å². The molecule has 2 saturated heterocycles. The topological polar surface area (TPSA) is 49.8 Å². The van der Waals surface area contributed by atoms with Crippen LogP contribution in [0.1, 0.15) is 6.42 Å². The summed E-state index contributed by atoms with van der Waals surface area (Å²) in [7, 11) is 0. The highest BCUT2D eigenvalue weighted by atomic mass is 16.5. The summed E-state index contributed by atoms with van der Waals surface area (Å²) < 4.78 is 5.30. The molecule has 0 saturated carbocycles. The molecular weight excluding hydrogens is 158 g/mol. The van der Waals surface area contributed by atoms with Gasteiger partial charge in [-0.15, -0.1) is 0 Å². The second kappa shape index (κ2) is 2.94. The summed E-state index contributed by atoms with van der Waals surface area (Å²) in [5.74, 6) is 1.07. The zero-order valence-electron chi connectivity index (χ0n) is 6.90. The zero-order chi connectivity index (χ0) is 8.55. The number of hydrogen-bond donors (Lipinski definition) is 1. The smallest absolute Gasteiger partial charge is 0.407 e. The maximum absolute atomic E-state index is 10.6. The SMILES string of the molecule is O=C(O)N1CCC2COCC2C1. The first-order valence-electron chi connectivity index (χ1n) is 4.33. The largest absolute Gasteiger partial charge is 0.465 e. The Hall–Kier alpha value is -0.770. The van der Waals surface area contributed by atoms with Crippen molar-refractivity contribution in [3.8, 4) is 0 Å². The zero-order valence-corrected chi connectivity index (χ0v) is 6.90. The molecule has 0 radical (unpaired) electrons. The number of fused-ring (bicyclic) bond motifs is 1. The number of amides is 1. The summed E-state index contributed by atoms with van der Waals surface area (Å²) in [5.41, 5.74) is 0. The van der Waals surface area contributed by atoms with Gasteiger partial charge >= 0.3 is 6.09 Å². The van der Waals surface area contributed by atoms with Crippen molar-refractivity contribution in [1.29, 1.82) is 0 Å². The lowest BCUT2D eigenvalue weighted by Gasteiger charge is -2.31. The van der Waals surface area contributed by atoms with Gasteiger partial charge in [0.05, 0.1) is 6.61 Å². The monoisotopic (exact) mass is 171 g/mol. The third-order valence-corrected chi connectivity index (χ3v) is 2.83. The Balaban J connectivity index is 1.96. The number of hydrogen-bond acceptors (Lipinski definition) is 2. The van der Waals surface area contributed by atoms with Crippen LogP contribution in [0.25, 0.3) is 0 Å². The van der Waals surface area contributed by atoms with E-state index in [2.05, 4.69) is 0 Å². The summed E-state index contributed by atoms with van der Waals surface area (Å²) in [6, 6.07) is 0. The number of likely N-dealkylation sites (tertiary alicyclic amines) is 1.